The Morgan fingerprint density at radius 1 is 1.05 bits per heavy atom. The van der Waals surface area contributed by atoms with Crippen LogP contribution in [0.4, 0.5) is 5.69 Å². The maximum atomic E-state index is 6.07. The van der Waals surface area contributed by atoms with E-state index in [1.165, 1.54) is 25.7 Å². The topological polar surface area (TPSA) is 35.2 Å². The summed E-state index contributed by atoms with van der Waals surface area (Å²) in [6.07, 6.45) is 4.96. The molecule has 2 aromatic rings. The summed E-state index contributed by atoms with van der Waals surface area (Å²) in [5.41, 5.74) is 6.83. The summed E-state index contributed by atoms with van der Waals surface area (Å²) in [5.74, 6) is 1.59. The van der Waals surface area contributed by atoms with Crippen LogP contribution < -0.4 is 10.5 Å². The lowest BCUT2D eigenvalue weighted by atomic mass is 10.0. The second-order valence-electron chi connectivity index (χ2n) is 5.43. The highest BCUT2D eigenvalue weighted by Gasteiger charge is 2.09. The van der Waals surface area contributed by atoms with Gasteiger partial charge in [0.15, 0.2) is 0 Å². The first kappa shape index (κ1) is 14.7. The Morgan fingerprint density at radius 2 is 1.80 bits per heavy atom. The van der Waals surface area contributed by atoms with E-state index >= 15 is 0 Å². The molecular weight excluding hydrogens is 246 g/mol. The number of nitrogens with two attached hydrogens (primary N) is 1. The lowest BCUT2D eigenvalue weighted by molar-refractivity contribution is 0.235. The standard InChI is InChI=1S/C18H25NO/c1-3-5-8-14(4-2)13-20-18-12-11-17(19)15-9-6-7-10-16(15)18/h6-7,9-12,14H,3-5,8,13,19H2,1-2H3. The van der Waals surface area contributed by atoms with Crippen molar-refractivity contribution in [2.45, 2.75) is 39.5 Å². The summed E-state index contributed by atoms with van der Waals surface area (Å²) in [6, 6.07) is 12.1. The van der Waals surface area contributed by atoms with E-state index < -0.39 is 0 Å². The molecule has 0 aliphatic rings. The molecule has 2 rings (SSSR count). The zero-order chi connectivity index (χ0) is 14.4. The fourth-order valence-electron chi connectivity index (χ4n) is 2.53. The summed E-state index contributed by atoms with van der Waals surface area (Å²) in [6.45, 7) is 5.27. The summed E-state index contributed by atoms with van der Waals surface area (Å²) in [4.78, 5) is 0. The highest BCUT2D eigenvalue weighted by Crippen LogP contribution is 2.30. The summed E-state index contributed by atoms with van der Waals surface area (Å²) in [7, 11) is 0. The van der Waals surface area contributed by atoms with Crippen molar-refractivity contribution in [1.82, 2.24) is 0 Å². The van der Waals surface area contributed by atoms with Gasteiger partial charge in [0, 0.05) is 16.5 Å². The van der Waals surface area contributed by atoms with E-state index in [0.29, 0.717) is 5.92 Å². The van der Waals surface area contributed by atoms with Gasteiger partial charge in [0.25, 0.3) is 0 Å². The van der Waals surface area contributed by atoms with E-state index in [0.717, 1.165) is 28.8 Å². The molecular formula is C18H25NO. The zero-order valence-corrected chi connectivity index (χ0v) is 12.6. The summed E-state index contributed by atoms with van der Waals surface area (Å²) < 4.78 is 6.07. The van der Waals surface area contributed by atoms with Crippen LogP contribution in [0.5, 0.6) is 5.75 Å². The maximum Gasteiger partial charge on any atom is 0.127 e. The molecule has 1 unspecified atom stereocenters. The molecule has 0 fully saturated rings. The number of fused-ring (bicyclic) bond motifs is 1. The fourth-order valence-corrected chi connectivity index (χ4v) is 2.53. The van der Waals surface area contributed by atoms with Crippen molar-refractivity contribution in [3.63, 3.8) is 0 Å². The number of rotatable bonds is 7. The normalized spacial score (nSPS) is 12.5. The van der Waals surface area contributed by atoms with Gasteiger partial charge in [0.2, 0.25) is 0 Å². The van der Waals surface area contributed by atoms with Gasteiger partial charge in [-0.25, -0.2) is 0 Å². The first-order valence-electron chi connectivity index (χ1n) is 7.66. The van der Waals surface area contributed by atoms with E-state index in [1.54, 1.807) is 0 Å². The lowest BCUT2D eigenvalue weighted by Crippen LogP contribution is -2.11. The Balaban J connectivity index is 2.11. The third-order valence-corrected chi connectivity index (χ3v) is 3.94. The van der Waals surface area contributed by atoms with Gasteiger partial charge in [-0.2, -0.15) is 0 Å². The average Bonchev–Trinajstić information content (AvgIpc) is 2.49. The van der Waals surface area contributed by atoms with Crippen LogP contribution in [0, 0.1) is 5.92 Å². The van der Waals surface area contributed by atoms with Crippen molar-refractivity contribution < 1.29 is 4.74 Å². The molecule has 0 amide bonds. The molecule has 0 heterocycles. The van der Waals surface area contributed by atoms with Crippen LogP contribution in [0.2, 0.25) is 0 Å². The molecule has 0 aliphatic carbocycles. The van der Waals surface area contributed by atoms with E-state index in [1.807, 2.05) is 30.3 Å². The van der Waals surface area contributed by atoms with Crippen LogP contribution in [0.15, 0.2) is 36.4 Å². The molecule has 0 aromatic heterocycles. The van der Waals surface area contributed by atoms with Gasteiger partial charge in [-0.15, -0.1) is 0 Å². The monoisotopic (exact) mass is 271 g/mol. The highest BCUT2D eigenvalue weighted by atomic mass is 16.5. The minimum absolute atomic E-state index is 0.645. The average molecular weight is 271 g/mol. The van der Waals surface area contributed by atoms with Crippen LogP contribution in [0.1, 0.15) is 39.5 Å². The maximum absolute atomic E-state index is 6.07. The first-order valence-corrected chi connectivity index (χ1v) is 7.66. The second-order valence-corrected chi connectivity index (χ2v) is 5.43. The molecule has 108 valence electrons. The van der Waals surface area contributed by atoms with Crippen LogP contribution >= 0.6 is 0 Å². The van der Waals surface area contributed by atoms with Crippen LogP contribution in [0.25, 0.3) is 10.8 Å². The predicted octanol–water partition coefficient (Wildman–Crippen LogP) is 5.02. The smallest absolute Gasteiger partial charge is 0.127 e. The first-order chi connectivity index (χ1) is 9.76. The van der Waals surface area contributed by atoms with Crippen LogP contribution in [-0.4, -0.2) is 6.61 Å². The quantitative estimate of drug-likeness (QED) is 0.718. The Labute approximate surface area is 121 Å². The summed E-state index contributed by atoms with van der Waals surface area (Å²) in [5, 5.41) is 2.18. The van der Waals surface area contributed by atoms with Crippen molar-refractivity contribution in [3.8, 4) is 5.75 Å². The number of anilines is 1. The van der Waals surface area contributed by atoms with Gasteiger partial charge in [0.1, 0.15) is 5.75 Å². The van der Waals surface area contributed by atoms with Crippen molar-refractivity contribution in [2.24, 2.45) is 5.92 Å². The number of unbranched alkanes of at least 4 members (excludes halogenated alkanes) is 1. The van der Waals surface area contributed by atoms with E-state index in [-0.39, 0.29) is 0 Å². The molecule has 2 N–H and O–H groups in total. The molecule has 2 nitrogen and oxygen atoms in total. The Morgan fingerprint density at radius 3 is 2.50 bits per heavy atom. The molecule has 1 atom stereocenters. The van der Waals surface area contributed by atoms with Crippen molar-refractivity contribution in [2.75, 3.05) is 12.3 Å². The van der Waals surface area contributed by atoms with Gasteiger partial charge in [0.05, 0.1) is 6.61 Å². The van der Waals surface area contributed by atoms with Crippen molar-refractivity contribution in [3.05, 3.63) is 36.4 Å². The molecule has 0 saturated heterocycles. The fraction of sp³-hybridized carbons (Fsp3) is 0.444. The van der Waals surface area contributed by atoms with Crippen LogP contribution in [0.3, 0.4) is 0 Å². The molecule has 2 heteroatoms. The molecule has 0 bridgehead atoms. The third kappa shape index (κ3) is 3.44. The molecule has 0 spiro atoms. The van der Waals surface area contributed by atoms with Crippen molar-refractivity contribution in [1.29, 1.82) is 0 Å². The summed E-state index contributed by atoms with van der Waals surface area (Å²) >= 11 is 0. The van der Waals surface area contributed by atoms with Gasteiger partial charge in [-0.3, -0.25) is 0 Å². The minimum Gasteiger partial charge on any atom is -0.493 e. The second kappa shape index (κ2) is 7.18. The van der Waals surface area contributed by atoms with Crippen LogP contribution in [-0.2, 0) is 0 Å². The number of benzene rings is 2. The molecule has 0 aliphatic heterocycles. The Hall–Kier alpha value is -1.70. The SMILES string of the molecule is CCCCC(CC)COc1ccc(N)c2ccccc12. The Kier molecular flexibility index (Phi) is 5.28. The van der Waals surface area contributed by atoms with Gasteiger partial charge < -0.3 is 10.5 Å². The van der Waals surface area contributed by atoms with Gasteiger partial charge in [-0.05, 0) is 24.5 Å². The van der Waals surface area contributed by atoms with E-state index in [2.05, 4.69) is 19.9 Å². The molecule has 2 aromatic carbocycles. The molecule has 0 saturated carbocycles. The Bertz CT molecular complexity index is 550. The minimum atomic E-state index is 0.645. The van der Waals surface area contributed by atoms with Crippen molar-refractivity contribution >= 4 is 16.5 Å². The van der Waals surface area contributed by atoms with Gasteiger partial charge in [-0.1, -0.05) is 57.4 Å². The molecule has 20 heavy (non-hydrogen) atoms. The number of ether oxygens (including phenoxy) is 1. The zero-order valence-electron chi connectivity index (χ0n) is 12.6. The predicted molar refractivity (Wildman–Crippen MR) is 87.2 cm³/mol. The largest absolute Gasteiger partial charge is 0.493 e. The van der Waals surface area contributed by atoms with E-state index in [9.17, 15) is 0 Å². The third-order valence-electron chi connectivity index (χ3n) is 3.94. The highest BCUT2D eigenvalue weighted by molar-refractivity contribution is 5.96. The van der Waals surface area contributed by atoms with E-state index in [4.69, 9.17) is 10.5 Å². The number of hydrogen-bond acceptors (Lipinski definition) is 2. The lowest BCUT2D eigenvalue weighted by Gasteiger charge is -2.17. The van der Waals surface area contributed by atoms with Gasteiger partial charge >= 0.3 is 0 Å². The molecule has 0 radical (unpaired) electrons. The number of hydrogen-bond donors (Lipinski definition) is 1. The number of nitrogen functional groups attached to an aromatic ring is 1.